The maximum atomic E-state index is 8.84. The highest BCUT2D eigenvalue weighted by atomic mass is 14.7. The first kappa shape index (κ1) is 7.30. The molecule has 2 nitrogen and oxygen atoms in total. The molecule has 0 aromatic carbocycles. The third-order valence-electron chi connectivity index (χ3n) is 2.48. The topological polar surface area (TPSA) is 36.7 Å². The summed E-state index contributed by atoms with van der Waals surface area (Å²) in [6, 6.07) is 6.30. The van der Waals surface area contributed by atoms with Gasteiger partial charge in [0.15, 0.2) is 0 Å². The van der Waals surface area contributed by atoms with Crippen LogP contribution in [0.5, 0.6) is 0 Å². The normalized spacial score (nSPS) is 26.3. The van der Waals surface area contributed by atoms with E-state index in [2.05, 4.69) is 24.0 Å². The van der Waals surface area contributed by atoms with Gasteiger partial charge in [0.25, 0.3) is 0 Å². The van der Waals surface area contributed by atoms with Crippen LogP contribution in [0.3, 0.4) is 0 Å². The average molecular weight is 158 g/mol. The molecule has 12 heavy (non-hydrogen) atoms. The molecule has 1 aromatic rings. The fourth-order valence-electron chi connectivity index (χ4n) is 1.84. The number of hydrogen-bond acceptors (Lipinski definition) is 2. The molecule has 0 unspecified atom stereocenters. The van der Waals surface area contributed by atoms with Gasteiger partial charge in [-0.2, -0.15) is 5.26 Å². The highest BCUT2D eigenvalue weighted by Gasteiger charge is 2.28. The molecule has 1 heterocycles. The number of nitrogens with zero attached hydrogens (tertiary/aromatic N) is 2. The van der Waals surface area contributed by atoms with Crippen molar-refractivity contribution in [3.05, 3.63) is 29.6 Å². The van der Waals surface area contributed by atoms with Crippen molar-refractivity contribution in [2.24, 2.45) is 0 Å². The van der Waals surface area contributed by atoms with Gasteiger partial charge >= 0.3 is 0 Å². The van der Waals surface area contributed by atoms with E-state index in [1.165, 1.54) is 5.56 Å². The van der Waals surface area contributed by atoms with E-state index in [9.17, 15) is 0 Å². The Labute approximate surface area is 71.9 Å². The minimum absolute atomic E-state index is 0.0243. The summed E-state index contributed by atoms with van der Waals surface area (Å²) < 4.78 is 0. The molecule has 2 rings (SSSR count). The first-order valence-corrected chi connectivity index (χ1v) is 4.17. The van der Waals surface area contributed by atoms with Crippen molar-refractivity contribution in [2.75, 3.05) is 0 Å². The molecular formula is C10H10N2. The lowest BCUT2D eigenvalue weighted by Gasteiger charge is -2.00. The van der Waals surface area contributed by atoms with Crippen LogP contribution in [0.15, 0.2) is 18.3 Å². The van der Waals surface area contributed by atoms with Crippen LogP contribution in [0.1, 0.15) is 36.4 Å². The SMILES string of the molecule is C[C@@H]1C[C@@H](C#N)c2ncccc21. The summed E-state index contributed by atoms with van der Waals surface area (Å²) >= 11 is 0. The van der Waals surface area contributed by atoms with Crippen LogP contribution in [0.2, 0.25) is 0 Å². The maximum Gasteiger partial charge on any atom is 0.0893 e. The molecule has 0 spiro atoms. The Morgan fingerprint density at radius 2 is 2.50 bits per heavy atom. The molecule has 0 radical (unpaired) electrons. The van der Waals surface area contributed by atoms with Gasteiger partial charge in [0.2, 0.25) is 0 Å². The summed E-state index contributed by atoms with van der Waals surface area (Å²) in [6.45, 7) is 2.15. The summed E-state index contributed by atoms with van der Waals surface area (Å²) in [5.74, 6) is 0.523. The highest BCUT2D eigenvalue weighted by Crippen LogP contribution is 2.39. The Bertz CT molecular complexity index is 338. The van der Waals surface area contributed by atoms with Gasteiger partial charge in [-0.3, -0.25) is 4.98 Å². The van der Waals surface area contributed by atoms with Gasteiger partial charge in [-0.25, -0.2) is 0 Å². The molecular weight excluding hydrogens is 148 g/mol. The molecule has 0 bridgehead atoms. The molecule has 2 heteroatoms. The zero-order chi connectivity index (χ0) is 8.55. The monoisotopic (exact) mass is 158 g/mol. The van der Waals surface area contributed by atoms with Crippen molar-refractivity contribution >= 4 is 0 Å². The highest BCUT2D eigenvalue weighted by molar-refractivity contribution is 5.35. The van der Waals surface area contributed by atoms with Gasteiger partial charge in [-0.1, -0.05) is 13.0 Å². The van der Waals surface area contributed by atoms with Crippen LogP contribution in [-0.4, -0.2) is 4.98 Å². The number of fused-ring (bicyclic) bond motifs is 1. The van der Waals surface area contributed by atoms with E-state index in [4.69, 9.17) is 5.26 Å². The lowest BCUT2D eigenvalue weighted by atomic mass is 10.1. The van der Waals surface area contributed by atoms with Crippen LogP contribution < -0.4 is 0 Å². The van der Waals surface area contributed by atoms with E-state index in [0.29, 0.717) is 5.92 Å². The fraction of sp³-hybridized carbons (Fsp3) is 0.400. The zero-order valence-corrected chi connectivity index (χ0v) is 6.99. The van der Waals surface area contributed by atoms with Gasteiger partial charge in [-0.15, -0.1) is 0 Å². The van der Waals surface area contributed by atoms with Crippen molar-refractivity contribution in [1.82, 2.24) is 4.98 Å². The second-order valence-corrected chi connectivity index (χ2v) is 3.30. The Morgan fingerprint density at radius 1 is 1.67 bits per heavy atom. The van der Waals surface area contributed by atoms with Gasteiger partial charge in [0, 0.05) is 6.20 Å². The average Bonchev–Trinajstić information content (AvgIpc) is 2.44. The molecule has 0 aliphatic heterocycles. The molecule has 0 N–H and O–H groups in total. The number of aromatic nitrogens is 1. The molecule has 0 saturated carbocycles. The first-order chi connectivity index (χ1) is 5.83. The summed E-state index contributed by atoms with van der Waals surface area (Å²) in [5.41, 5.74) is 2.25. The van der Waals surface area contributed by atoms with Crippen LogP contribution in [0.4, 0.5) is 0 Å². The van der Waals surface area contributed by atoms with Gasteiger partial charge in [-0.05, 0) is 24.0 Å². The van der Waals surface area contributed by atoms with E-state index in [1.807, 2.05) is 6.07 Å². The van der Waals surface area contributed by atoms with Crippen LogP contribution in [-0.2, 0) is 0 Å². The van der Waals surface area contributed by atoms with E-state index in [-0.39, 0.29) is 5.92 Å². The number of rotatable bonds is 0. The summed E-state index contributed by atoms with van der Waals surface area (Å²) in [5, 5.41) is 8.84. The second-order valence-electron chi connectivity index (χ2n) is 3.30. The van der Waals surface area contributed by atoms with Crippen LogP contribution >= 0.6 is 0 Å². The molecule has 0 saturated heterocycles. The Kier molecular flexibility index (Phi) is 1.58. The van der Waals surface area contributed by atoms with E-state index in [0.717, 1.165) is 12.1 Å². The predicted octanol–water partition coefficient (Wildman–Crippen LogP) is 2.20. The third kappa shape index (κ3) is 0.902. The summed E-state index contributed by atoms with van der Waals surface area (Å²) in [4.78, 5) is 4.24. The van der Waals surface area contributed by atoms with Crippen molar-refractivity contribution in [1.29, 1.82) is 5.26 Å². The molecule has 1 aromatic heterocycles. The van der Waals surface area contributed by atoms with Crippen molar-refractivity contribution in [3.63, 3.8) is 0 Å². The van der Waals surface area contributed by atoms with Crippen molar-refractivity contribution < 1.29 is 0 Å². The van der Waals surface area contributed by atoms with Gasteiger partial charge < -0.3 is 0 Å². The molecule has 0 amide bonds. The minimum atomic E-state index is 0.0243. The molecule has 1 aliphatic rings. The quantitative estimate of drug-likeness (QED) is 0.580. The van der Waals surface area contributed by atoms with Crippen molar-refractivity contribution in [3.8, 4) is 6.07 Å². The number of pyridine rings is 1. The Balaban J connectivity index is 2.52. The van der Waals surface area contributed by atoms with Gasteiger partial charge in [0.1, 0.15) is 0 Å². The van der Waals surface area contributed by atoms with E-state index < -0.39 is 0 Å². The summed E-state index contributed by atoms with van der Waals surface area (Å²) in [6.07, 6.45) is 2.70. The van der Waals surface area contributed by atoms with E-state index >= 15 is 0 Å². The third-order valence-corrected chi connectivity index (χ3v) is 2.48. The standard InChI is InChI=1S/C10H10N2/c1-7-5-8(6-11)10-9(7)3-2-4-12-10/h2-4,7-8H,5H2,1H3/t7-,8+/m1/s1. The number of hydrogen-bond donors (Lipinski definition) is 0. The van der Waals surface area contributed by atoms with Gasteiger partial charge in [0.05, 0.1) is 17.7 Å². The predicted molar refractivity (Wildman–Crippen MR) is 45.6 cm³/mol. The Hall–Kier alpha value is -1.36. The fourth-order valence-corrected chi connectivity index (χ4v) is 1.84. The largest absolute Gasteiger partial charge is 0.260 e. The first-order valence-electron chi connectivity index (χ1n) is 4.17. The molecule has 1 aliphatic carbocycles. The number of nitriles is 1. The lowest BCUT2D eigenvalue weighted by molar-refractivity contribution is 0.702. The zero-order valence-electron chi connectivity index (χ0n) is 6.99. The van der Waals surface area contributed by atoms with E-state index in [1.54, 1.807) is 6.20 Å². The lowest BCUT2D eigenvalue weighted by Crippen LogP contribution is -1.91. The van der Waals surface area contributed by atoms with Crippen LogP contribution in [0, 0.1) is 11.3 Å². The van der Waals surface area contributed by atoms with Crippen molar-refractivity contribution in [2.45, 2.75) is 25.2 Å². The minimum Gasteiger partial charge on any atom is -0.260 e. The summed E-state index contributed by atoms with van der Waals surface area (Å²) in [7, 11) is 0. The Morgan fingerprint density at radius 3 is 3.25 bits per heavy atom. The molecule has 2 atom stereocenters. The molecule has 60 valence electrons. The molecule has 0 fully saturated rings. The second kappa shape index (κ2) is 2.60. The van der Waals surface area contributed by atoms with Crippen LogP contribution in [0.25, 0.3) is 0 Å². The maximum absolute atomic E-state index is 8.84. The smallest absolute Gasteiger partial charge is 0.0893 e.